The quantitative estimate of drug-likeness (QED) is 0.604. The topological polar surface area (TPSA) is 105 Å². The molecule has 1 aliphatic heterocycles. The molecule has 164 valence electrons. The highest BCUT2D eigenvalue weighted by molar-refractivity contribution is 7.89. The molecule has 3 heterocycles. The molecule has 31 heavy (non-hydrogen) atoms. The Labute approximate surface area is 185 Å². The molecule has 1 atom stereocenters. The van der Waals surface area contributed by atoms with Crippen LogP contribution in [0.1, 0.15) is 40.3 Å². The molecule has 1 fully saturated rings. The lowest BCUT2D eigenvalue weighted by atomic mass is 10.1. The molecule has 1 aromatic carbocycles. The average Bonchev–Trinajstić information content (AvgIpc) is 3.44. The fourth-order valence-corrected chi connectivity index (χ4v) is 6.59. The third-order valence-electron chi connectivity index (χ3n) is 5.32. The number of sulfonamides is 1. The average molecular weight is 461 g/mol. The van der Waals surface area contributed by atoms with Gasteiger partial charge in [-0.2, -0.15) is 4.31 Å². The van der Waals surface area contributed by atoms with Crippen molar-refractivity contribution in [3.8, 4) is 0 Å². The highest BCUT2D eigenvalue weighted by atomic mass is 32.2. The first-order valence-corrected chi connectivity index (χ1v) is 12.3. The number of amides is 1. The molecule has 0 bridgehead atoms. The zero-order valence-corrected chi connectivity index (χ0v) is 19.2. The van der Waals surface area contributed by atoms with Crippen LogP contribution in [0.15, 0.2) is 39.9 Å². The molecule has 2 aromatic heterocycles. The first-order valence-electron chi connectivity index (χ1n) is 10.0. The minimum absolute atomic E-state index is 0.0434. The third-order valence-corrected chi connectivity index (χ3v) is 8.39. The summed E-state index contributed by atoms with van der Waals surface area (Å²) in [7, 11) is -3.88. The van der Waals surface area contributed by atoms with Crippen molar-refractivity contribution in [2.45, 2.75) is 51.0 Å². The second-order valence-corrected chi connectivity index (χ2v) is 10.7. The molecule has 8 nitrogen and oxygen atoms in total. The zero-order valence-electron chi connectivity index (χ0n) is 17.6. The molecule has 0 saturated carbocycles. The van der Waals surface area contributed by atoms with Crippen LogP contribution in [0.2, 0.25) is 0 Å². The summed E-state index contributed by atoms with van der Waals surface area (Å²) in [5.41, 5.74) is 2.66. The molecule has 0 aliphatic carbocycles. The van der Waals surface area contributed by atoms with Gasteiger partial charge in [-0.15, -0.1) is 11.3 Å². The van der Waals surface area contributed by atoms with Crippen LogP contribution in [0.5, 0.6) is 0 Å². The summed E-state index contributed by atoms with van der Waals surface area (Å²) < 4.78 is 32.6. The molecule has 10 heteroatoms. The Balaban J connectivity index is 1.47. The van der Waals surface area contributed by atoms with E-state index in [4.69, 9.17) is 4.52 Å². The van der Waals surface area contributed by atoms with Crippen molar-refractivity contribution in [2.24, 2.45) is 0 Å². The van der Waals surface area contributed by atoms with Crippen LogP contribution in [0.3, 0.4) is 0 Å². The van der Waals surface area contributed by atoms with Crippen molar-refractivity contribution in [1.29, 1.82) is 0 Å². The Hall–Kier alpha value is -2.56. The van der Waals surface area contributed by atoms with Gasteiger partial charge in [0, 0.05) is 24.0 Å². The number of aryl methyl sites for hydroxylation is 3. The van der Waals surface area contributed by atoms with E-state index in [9.17, 15) is 13.2 Å². The fraction of sp³-hybridized carbons (Fsp3) is 0.381. The molecule has 1 aliphatic rings. The maximum absolute atomic E-state index is 13.2. The number of hydrogen-bond acceptors (Lipinski definition) is 7. The lowest BCUT2D eigenvalue weighted by Gasteiger charge is -2.22. The smallest absolute Gasteiger partial charge is 0.249 e. The van der Waals surface area contributed by atoms with Crippen molar-refractivity contribution in [2.75, 3.05) is 11.9 Å². The highest BCUT2D eigenvalue weighted by Gasteiger charge is 2.42. The highest BCUT2D eigenvalue weighted by Crippen LogP contribution is 2.31. The first-order chi connectivity index (χ1) is 14.8. The second kappa shape index (κ2) is 8.52. The summed E-state index contributed by atoms with van der Waals surface area (Å²) >= 11 is 1.39. The van der Waals surface area contributed by atoms with Gasteiger partial charge in [-0.25, -0.2) is 13.4 Å². The van der Waals surface area contributed by atoms with E-state index in [1.54, 1.807) is 20.0 Å². The van der Waals surface area contributed by atoms with Crippen molar-refractivity contribution >= 4 is 32.4 Å². The predicted octanol–water partition coefficient (Wildman–Crippen LogP) is 3.44. The van der Waals surface area contributed by atoms with Crippen LogP contribution < -0.4 is 5.32 Å². The molecular weight excluding hydrogens is 436 g/mol. The Kier molecular flexibility index (Phi) is 5.96. The number of anilines is 1. The fourth-order valence-electron chi connectivity index (χ4n) is 3.79. The van der Waals surface area contributed by atoms with Gasteiger partial charge in [0.25, 0.3) is 0 Å². The number of rotatable bonds is 6. The van der Waals surface area contributed by atoms with E-state index in [-0.39, 0.29) is 23.1 Å². The maximum Gasteiger partial charge on any atom is 0.249 e. The monoisotopic (exact) mass is 460 g/mol. The van der Waals surface area contributed by atoms with Gasteiger partial charge in [0.2, 0.25) is 15.9 Å². The largest absolute Gasteiger partial charge is 0.360 e. The van der Waals surface area contributed by atoms with Crippen LogP contribution >= 0.6 is 11.3 Å². The first kappa shape index (κ1) is 21.7. The normalized spacial score (nSPS) is 17.2. The van der Waals surface area contributed by atoms with E-state index in [0.717, 1.165) is 11.3 Å². The van der Waals surface area contributed by atoms with E-state index in [0.29, 0.717) is 23.7 Å². The number of thiazole rings is 1. The summed E-state index contributed by atoms with van der Waals surface area (Å²) in [6.45, 7) is 5.46. The standard InChI is InChI=1S/C21H24N4O4S2/c1-13-6-8-16(9-7-13)11-17-12-22-21(30-17)23-20(26)18-5-4-10-25(18)31(27,28)19-14(2)24-29-15(19)3/h6-9,12,18H,4-5,10-11H2,1-3H3,(H,22,23,26)/t18-/m0/s1. The maximum atomic E-state index is 13.2. The van der Waals surface area contributed by atoms with Crippen molar-refractivity contribution in [3.05, 3.63) is 57.9 Å². The molecule has 1 amide bonds. The van der Waals surface area contributed by atoms with Crippen LogP contribution in [0.4, 0.5) is 5.13 Å². The molecule has 3 aromatic rings. The van der Waals surface area contributed by atoms with Gasteiger partial charge in [0.05, 0.1) is 0 Å². The number of carbonyl (C=O) groups excluding carboxylic acids is 1. The Morgan fingerprint density at radius 3 is 2.68 bits per heavy atom. The molecule has 1 saturated heterocycles. The molecule has 0 radical (unpaired) electrons. The zero-order chi connectivity index (χ0) is 22.2. The van der Waals surface area contributed by atoms with Crippen LogP contribution in [-0.2, 0) is 21.2 Å². The number of benzene rings is 1. The molecule has 0 unspecified atom stereocenters. The Bertz CT molecular complexity index is 1180. The number of hydrogen-bond donors (Lipinski definition) is 1. The Morgan fingerprint density at radius 1 is 1.26 bits per heavy atom. The van der Waals surface area contributed by atoms with Gasteiger partial charge < -0.3 is 9.84 Å². The number of aromatic nitrogens is 2. The third kappa shape index (κ3) is 4.41. The Morgan fingerprint density at radius 2 is 2.00 bits per heavy atom. The summed E-state index contributed by atoms with van der Waals surface area (Å²) in [6, 6.07) is 7.48. The summed E-state index contributed by atoms with van der Waals surface area (Å²) in [6.07, 6.45) is 3.53. The van der Waals surface area contributed by atoms with E-state index in [2.05, 4.69) is 39.7 Å². The van der Waals surface area contributed by atoms with E-state index in [1.807, 2.05) is 6.92 Å². The predicted molar refractivity (Wildman–Crippen MR) is 118 cm³/mol. The molecule has 4 rings (SSSR count). The SMILES string of the molecule is Cc1ccc(Cc2cnc(NC(=O)[C@@H]3CCCN3S(=O)(=O)c3c(C)noc3C)s2)cc1. The van der Waals surface area contributed by atoms with Gasteiger partial charge in [-0.1, -0.05) is 35.0 Å². The van der Waals surface area contributed by atoms with Crippen LogP contribution in [0.25, 0.3) is 0 Å². The number of nitrogens with zero attached hydrogens (tertiary/aromatic N) is 3. The minimum Gasteiger partial charge on any atom is -0.360 e. The van der Waals surface area contributed by atoms with Gasteiger partial charge in [0.1, 0.15) is 16.6 Å². The van der Waals surface area contributed by atoms with Gasteiger partial charge in [-0.05, 0) is 39.2 Å². The summed E-state index contributed by atoms with van der Waals surface area (Å²) in [5.74, 6) is -0.145. The van der Waals surface area contributed by atoms with Crippen LogP contribution in [0, 0.1) is 20.8 Å². The summed E-state index contributed by atoms with van der Waals surface area (Å²) in [5, 5.41) is 7.01. The molecular formula is C21H24N4O4S2. The minimum atomic E-state index is -3.88. The number of carbonyl (C=O) groups is 1. The van der Waals surface area contributed by atoms with Crippen LogP contribution in [-0.4, -0.2) is 41.4 Å². The summed E-state index contributed by atoms with van der Waals surface area (Å²) in [4.78, 5) is 18.3. The molecule has 0 spiro atoms. The van der Waals surface area contributed by atoms with Gasteiger partial charge in [0.15, 0.2) is 10.9 Å². The van der Waals surface area contributed by atoms with Crippen molar-refractivity contribution < 1.29 is 17.7 Å². The lowest BCUT2D eigenvalue weighted by molar-refractivity contribution is -0.119. The molecule has 1 N–H and O–H groups in total. The number of nitrogens with one attached hydrogen (secondary N) is 1. The van der Waals surface area contributed by atoms with Crippen molar-refractivity contribution in [1.82, 2.24) is 14.4 Å². The lowest BCUT2D eigenvalue weighted by Crippen LogP contribution is -2.43. The van der Waals surface area contributed by atoms with E-state index < -0.39 is 16.1 Å². The van der Waals surface area contributed by atoms with Crippen molar-refractivity contribution in [3.63, 3.8) is 0 Å². The van der Waals surface area contributed by atoms with Gasteiger partial charge in [-0.3, -0.25) is 4.79 Å². The second-order valence-electron chi connectivity index (χ2n) is 7.71. The van der Waals surface area contributed by atoms with Gasteiger partial charge >= 0.3 is 0 Å². The van der Waals surface area contributed by atoms with E-state index in [1.165, 1.54) is 26.8 Å². The van der Waals surface area contributed by atoms with E-state index >= 15 is 0 Å².